The zero-order valence-corrected chi connectivity index (χ0v) is 18.0. The maximum atomic E-state index is 12.2. The summed E-state index contributed by atoms with van der Waals surface area (Å²) >= 11 is 0. The van der Waals surface area contributed by atoms with Gasteiger partial charge in [-0.3, -0.25) is 0 Å². The lowest BCUT2D eigenvalue weighted by Crippen LogP contribution is -2.40. The molecule has 2 amide bonds. The molecule has 0 fully saturated rings. The first-order valence-corrected chi connectivity index (χ1v) is 12.8. The normalized spacial score (nSPS) is 11.9. The average Bonchev–Trinajstić information content (AvgIpc) is 2.67. The Balaban J connectivity index is 1.74. The van der Waals surface area contributed by atoms with E-state index < -0.39 is 14.2 Å². The van der Waals surface area contributed by atoms with Crippen molar-refractivity contribution in [3.05, 3.63) is 71.8 Å². The van der Waals surface area contributed by atoms with Crippen LogP contribution in [0, 0.1) is 11.5 Å². The Labute approximate surface area is 169 Å². The van der Waals surface area contributed by atoms with Gasteiger partial charge in [0.15, 0.2) is 0 Å². The summed E-state index contributed by atoms with van der Waals surface area (Å²) in [6, 6.07) is 21.0. The maximum Gasteiger partial charge on any atom is 0.317 e. The number of nitrogens with one attached hydrogen (secondary N) is 1. The molecule has 5 heteroatoms. The molecule has 0 aromatic heterocycles. The highest BCUT2D eigenvalue weighted by Crippen LogP contribution is 2.11. The number of aliphatic hydroxyl groups is 1. The second-order valence-corrected chi connectivity index (χ2v) is 12.1. The molecule has 0 unspecified atom stereocenters. The van der Waals surface area contributed by atoms with Crippen molar-refractivity contribution in [1.29, 1.82) is 0 Å². The number of carbonyl (C=O) groups is 1. The van der Waals surface area contributed by atoms with Crippen molar-refractivity contribution >= 4 is 14.1 Å². The minimum absolute atomic E-state index is 0.199. The van der Waals surface area contributed by atoms with Crippen LogP contribution in [0.25, 0.3) is 0 Å². The summed E-state index contributed by atoms with van der Waals surface area (Å²) in [5, 5.41) is 12.9. The quantitative estimate of drug-likeness (QED) is 0.557. The first kappa shape index (κ1) is 21.7. The summed E-state index contributed by atoms with van der Waals surface area (Å²) in [4.78, 5) is 13.8. The topological polar surface area (TPSA) is 52.6 Å². The molecule has 0 heterocycles. The predicted octanol–water partition coefficient (Wildman–Crippen LogP) is 3.61. The number of amides is 2. The smallest absolute Gasteiger partial charge is 0.317 e. The summed E-state index contributed by atoms with van der Waals surface area (Å²) in [6.45, 7) is 5.20. The third-order valence-electron chi connectivity index (χ3n) is 4.35. The third-order valence-corrected chi connectivity index (χ3v) is 6.50. The summed E-state index contributed by atoms with van der Waals surface area (Å²) in [6.07, 6.45) is -0.295. The summed E-state index contributed by atoms with van der Waals surface area (Å²) < 4.78 is 0. The van der Waals surface area contributed by atoms with Gasteiger partial charge in [-0.15, -0.1) is 11.5 Å². The number of hydrogen-bond acceptors (Lipinski definition) is 2. The van der Waals surface area contributed by atoms with E-state index in [-0.39, 0.29) is 12.6 Å². The van der Waals surface area contributed by atoms with E-state index in [1.165, 1.54) is 5.56 Å². The van der Waals surface area contributed by atoms with Crippen LogP contribution in [0.4, 0.5) is 4.79 Å². The summed E-state index contributed by atoms with van der Waals surface area (Å²) in [5.41, 5.74) is 5.76. The molecule has 28 heavy (non-hydrogen) atoms. The first-order valence-electron chi connectivity index (χ1n) is 9.61. The lowest BCUT2D eigenvalue weighted by atomic mass is 10.2. The molecule has 2 aromatic rings. The lowest BCUT2D eigenvalue weighted by Gasteiger charge is -2.19. The molecule has 0 saturated heterocycles. The van der Waals surface area contributed by atoms with E-state index in [1.54, 1.807) is 11.9 Å². The van der Waals surface area contributed by atoms with Crippen LogP contribution in [0.5, 0.6) is 0 Å². The van der Waals surface area contributed by atoms with Crippen LogP contribution in [-0.4, -0.2) is 43.8 Å². The van der Waals surface area contributed by atoms with Gasteiger partial charge in [0, 0.05) is 26.6 Å². The van der Waals surface area contributed by atoms with Gasteiger partial charge >= 0.3 is 6.03 Å². The molecular formula is C23H30N2O2Si. The number of benzene rings is 2. The monoisotopic (exact) mass is 394 g/mol. The Kier molecular flexibility index (Phi) is 8.31. The SMILES string of the molecule is CN(Cc1ccccc1)C(=O)NC[C@H](O)CC#C[Si](C)(C)Cc1ccccc1. The van der Waals surface area contributed by atoms with Crippen molar-refractivity contribution in [2.75, 3.05) is 13.6 Å². The first-order chi connectivity index (χ1) is 13.4. The zero-order chi connectivity index (χ0) is 20.4. The van der Waals surface area contributed by atoms with Gasteiger partial charge in [0.05, 0.1) is 6.10 Å². The molecule has 4 nitrogen and oxygen atoms in total. The van der Waals surface area contributed by atoms with Gasteiger partial charge in [0.1, 0.15) is 8.07 Å². The Bertz CT molecular complexity index is 798. The second kappa shape index (κ2) is 10.7. The van der Waals surface area contributed by atoms with Crippen molar-refractivity contribution < 1.29 is 9.90 Å². The van der Waals surface area contributed by atoms with Crippen molar-refractivity contribution in [2.24, 2.45) is 0 Å². The largest absolute Gasteiger partial charge is 0.390 e. The van der Waals surface area contributed by atoms with Gasteiger partial charge in [0.25, 0.3) is 0 Å². The van der Waals surface area contributed by atoms with Crippen LogP contribution in [0.3, 0.4) is 0 Å². The molecule has 0 spiro atoms. The minimum Gasteiger partial charge on any atom is -0.390 e. The van der Waals surface area contributed by atoms with E-state index in [9.17, 15) is 9.90 Å². The van der Waals surface area contributed by atoms with Crippen LogP contribution >= 0.6 is 0 Å². The fourth-order valence-corrected chi connectivity index (χ4v) is 4.83. The van der Waals surface area contributed by atoms with Gasteiger partial charge in [0.2, 0.25) is 0 Å². The van der Waals surface area contributed by atoms with E-state index in [1.807, 2.05) is 36.4 Å². The Morgan fingerprint density at radius 2 is 1.64 bits per heavy atom. The highest BCUT2D eigenvalue weighted by atomic mass is 28.3. The molecule has 2 rings (SSSR count). The number of urea groups is 1. The number of rotatable bonds is 7. The van der Waals surface area contributed by atoms with Crippen molar-refractivity contribution in [1.82, 2.24) is 10.2 Å². The number of aliphatic hydroxyl groups excluding tert-OH is 1. The Hall–Kier alpha value is -2.55. The third kappa shape index (κ3) is 7.99. The standard InChI is InChI=1S/C23H30N2O2Si/c1-25(18-20-11-6-4-7-12-20)23(27)24-17-22(26)15-10-16-28(2,3)19-21-13-8-5-9-14-21/h4-9,11-14,22,26H,15,17-19H2,1-3H3,(H,24,27)/t22-/m1/s1. The van der Waals surface area contributed by atoms with E-state index in [0.29, 0.717) is 13.0 Å². The fourth-order valence-electron chi connectivity index (χ4n) is 2.90. The van der Waals surface area contributed by atoms with Crippen molar-refractivity contribution in [2.45, 2.75) is 38.2 Å². The second-order valence-electron chi connectivity index (χ2n) is 7.73. The molecule has 0 aliphatic heterocycles. The van der Waals surface area contributed by atoms with Crippen LogP contribution < -0.4 is 5.32 Å². The van der Waals surface area contributed by atoms with Crippen LogP contribution in [0.2, 0.25) is 13.1 Å². The van der Waals surface area contributed by atoms with Gasteiger partial charge in [-0.1, -0.05) is 73.8 Å². The molecule has 0 saturated carbocycles. The molecule has 0 bridgehead atoms. The van der Waals surface area contributed by atoms with Crippen molar-refractivity contribution in [3.8, 4) is 11.5 Å². The summed E-state index contributed by atoms with van der Waals surface area (Å²) in [7, 11) is 0.0576. The molecule has 0 aliphatic carbocycles. The Morgan fingerprint density at radius 3 is 2.25 bits per heavy atom. The van der Waals surface area contributed by atoms with Gasteiger partial charge in [-0.25, -0.2) is 4.79 Å². The van der Waals surface area contributed by atoms with E-state index in [2.05, 4.69) is 54.1 Å². The molecule has 2 aromatic carbocycles. The molecule has 2 N–H and O–H groups in total. The number of nitrogens with zero attached hydrogens (tertiary/aromatic N) is 1. The molecule has 0 radical (unpaired) electrons. The van der Waals surface area contributed by atoms with E-state index in [0.717, 1.165) is 11.6 Å². The van der Waals surface area contributed by atoms with Crippen LogP contribution in [0.15, 0.2) is 60.7 Å². The molecule has 0 aliphatic rings. The molecule has 1 atom stereocenters. The average molecular weight is 395 g/mol. The van der Waals surface area contributed by atoms with E-state index >= 15 is 0 Å². The highest BCUT2D eigenvalue weighted by molar-refractivity contribution is 6.84. The molecule has 148 valence electrons. The minimum atomic E-state index is -1.68. The van der Waals surface area contributed by atoms with E-state index in [4.69, 9.17) is 0 Å². The Morgan fingerprint density at radius 1 is 1.07 bits per heavy atom. The highest BCUT2D eigenvalue weighted by Gasteiger charge is 2.18. The van der Waals surface area contributed by atoms with Gasteiger partial charge in [-0.05, 0) is 17.2 Å². The van der Waals surface area contributed by atoms with Gasteiger partial charge in [-0.2, -0.15) is 0 Å². The maximum absolute atomic E-state index is 12.2. The van der Waals surface area contributed by atoms with Crippen LogP contribution in [0.1, 0.15) is 17.5 Å². The van der Waals surface area contributed by atoms with Crippen molar-refractivity contribution in [3.63, 3.8) is 0 Å². The van der Waals surface area contributed by atoms with Gasteiger partial charge < -0.3 is 15.3 Å². The predicted molar refractivity (Wildman–Crippen MR) is 117 cm³/mol. The molecular weight excluding hydrogens is 364 g/mol. The number of carbonyl (C=O) groups excluding carboxylic acids is 1. The van der Waals surface area contributed by atoms with Crippen LogP contribution in [-0.2, 0) is 12.6 Å². The fraction of sp³-hybridized carbons (Fsp3) is 0.348. The zero-order valence-electron chi connectivity index (χ0n) is 17.0. The summed E-state index contributed by atoms with van der Waals surface area (Å²) in [5.74, 6) is 3.14. The lowest BCUT2D eigenvalue weighted by molar-refractivity contribution is 0.166. The number of hydrogen-bond donors (Lipinski definition) is 2.